The maximum atomic E-state index is 11.9. The standard InChI is InChI=1S/C13H18BrNO3/c1-8(2)18-13-6-9(11(16)4-5-15)10(14)7-12(13)17-3/h6-8H,4-5,15H2,1-3H3. The number of nitrogens with two attached hydrogens (primary N) is 1. The van der Waals surface area contributed by atoms with Gasteiger partial charge in [-0.1, -0.05) is 0 Å². The Morgan fingerprint density at radius 1 is 1.39 bits per heavy atom. The Morgan fingerprint density at radius 2 is 2.06 bits per heavy atom. The van der Waals surface area contributed by atoms with Gasteiger partial charge in [-0.25, -0.2) is 0 Å². The third-order valence-corrected chi connectivity index (χ3v) is 2.94. The van der Waals surface area contributed by atoms with Gasteiger partial charge in [0.25, 0.3) is 0 Å². The van der Waals surface area contributed by atoms with E-state index in [1.807, 2.05) is 13.8 Å². The van der Waals surface area contributed by atoms with Crippen LogP contribution in [-0.2, 0) is 0 Å². The molecule has 0 bridgehead atoms. The quantitative estimate of drug-likeness (QED) is 0.820. The molecule has 0 saturated carbocycles. The summed E-state index contributed by atoms with van der Waals surface area (Å²) < 4.78 is 11.6. The van der Waals surface area contributed by atoms with Crippen LogP contribution in [0.3, 0.4) is 0 Å². The Balaban J connectivity index is 3.16. The van der Waals surface area contributed by atoms with Crippen LogP contribution in [0.25, 0.3) is 0 Å². The van der Waals surface area contributed by atoms with E-state index in [0.717, 1.165) is 0 Å². The lowest BCUT2D eigenvalue weighted by Gasteiger charge is -2.15. The average molecular weight is 316 g/mol. The zero-order chi connectivity index (χ0) is 13.7. The number of rotatable bonds is 6. The van der Waals surface area contributed by atoms with Gasteiger partial charge < -0.3 is 15.2 Å². The minimum Gasteiger partial charge on any atom is -0.493 e. The third kappa shape index (κ3) is 3.71. The maximum Gasteiger partial charge on any atom is 0.165 e. The van der Waals surface area contributed by atoms with Gasteiger partial charge in [0, 0.05) is 16.5 Å². The van der Waals surface area contributed by atoms with Crippen LogP contribution in [0.1, 0.15) is 30.6 Å². The fourth-order valence-corrected chi connectivity index (χ4v) is 2.06. The van der Waals surface area contributed by atoms with E-state index in [4.69, 9.17) is 15.2 Å². The normalized spacial score (nSPS) is 10.6. The van der Waals surface area contributed by atoms with E-state index in [-0.39, 0.29) is 11.9 Å². The predicted octanol–water partition coefficient (Wildman–Crippen LogP) is 2.78. The van der Waals surface area contributed by atoms with E-state index >= 15 is 0 Å². The Hall–Kier alpha value is -1.07. The monoisotopic (exact) mass is 315 g/mol. The molecule has 0 amide bonds. The average Bonchev–Trinajstić information content (AvgIpc) is 2.30. The third-order valence-electron chi connectivity index (χ3n) is 2.29. The molecule has 0 aromatic heterocycles. The van der Waals surface area contributed by atoms with E-state index < -0.39 is 0 Å². The summed E-state index contributed by atoms with van der Waals surface area (Å²) in [4.78, 5) is 11.9. The summed E-state index contributed by atoms with van der Waals surface area (Å²) in [6, 6.07) is 3.43. The number of hydrogen-bond donors (Lipinski definition) is 1. The number of hydrogen-bond acceptors (Lipinski definition) is 4. The minimum absolute atomic E-state index is 0.0116. The second-order valence-electron chi connectivity index (χ2n) is 4.11. The summed E-state index contributed by atoms with van der Waals surface area (Å²) in [6.07, 6.45) is 0.323. The van der Waals surface area contributed by atoms with Crippen molar-refractivity contribution in [2.75, 3.05) is 13.7 Å². The lowest BCUT2D eigenvalue weighted by Crippen LogP contribution is -2.11. The predicted molar refractivity (Wildman–Crippen MR) is 74.5 cm³/mol. The van der Waals surface area contributed by atoms with E-state index in [1.165, 1.54) is 0 Å². The van der Waals surface area contributed by atoms with Gasteiger partial charge in [0.15, 0.2) is 17.3 Å². The molecule has 1 rings (SSSR count). The molecule has 0 unspecified atom stereocenters. The van der Waals surface area contributed by atoms with Gasteiger partial charge >= 0.3 is 0 Å². The highest BCUT2D eigenvalue weighted by Gasteiger charge is 2.16. The number of halogens is 1. The van der Waals surface area contributed by atoms with E-state index in [9.17, 15) is 4.79 Å². The van der Waals surface area contributed by atoms with Crippen LogP contribution in [0, 0.1) is 0 Å². The Kier molecular flexibility index (Phi) is 5.62. The fourth-order valence-electron chi connectivity index (χ4n) is 1.52. The molecule has 0 atom stereocenters. The van der Waals surface area contributed by atoms with Gasteiger partial charge in [0.2, 0.25) is 0 Å². The number of benzene rings is 1. The van der Waals surface area contributed by atoms with Crippen molar-refractivity contribution in [3.8, 4) is 11.5 Å². The fraction of sp³-hybridized carbons (Fsp3) is 0.462. The number of ketones is 1. The Labute approximate surface area is 116 Å². The van der Waals surface area contributed by atoms with Gasteiger partial charge in [-0.3, -0.25) is 4.79 Å². The van der Waals surface area contributed by atoms with Gasteiger partial charge in [-0.05, 0) is 48.5 Å². The summed E-state index contributed by atoms with van der Waals surface area (Å²) in [5.74, 6) is 1.15. The van der Waals surface area contributed by atoms with E-state index in [1.54, 1.807) is 19.2 Å². The molecule has 1 aromatic carbocycles. The minimum atomic E-state index is -0.0133. The second-order valence-corrected chi connectivity index (χ2v) is 4.97. The molecule has 2 N–H and O–H groups in total. The highest BCUT2D eigenvalue weighted by Crippen LogP contribution is 2.34. The smallest absolute Gasteiger partial charge is 0.165 e. The molecule has 0 heterocycles. The number of Topliss-reactive ketones (excluding diaryl/α,β-unsaturated/α-hetero) is 1. The first-order chi connectivity index (χ1) is 8.49. The second kappa shape index (κ2) is 6.75. The van der Waals surface area contributed by atoms with Crippen molar-refractivity contribution in [2.24, 2.45) is 5.73 Å². The van der Waals surface area contributed by atoms with Crippen molar-refractivity contribution in [2.45, 2.75) is 26.4 Å². The number of methoxy groups -OCH3 is 1. The summed E-state index contributed by atoms with van der Waals surface area (Å²) >= 11 is 3.36. The molecule has 5 heteroatoms. The highest BCUT2D eigenvalue weighted by molar-refractivity contribution is 9.10. The summed E-state index contributed by atoms with van der Waals surface area (Å²) in [5, 5.41) is 0. The first-order valence-corrected chi connectivity index (χ1v) is 6.56. The largest absolute Gasteiger partial charge is 0.493 e. The van der Waals surface area contributed by atoms with Crippen molar-refractivity contribution < 1.29 is 14.3 Å². The van der Waals surface area contributed by atoms with Crippen molar-refractivity contribution in [3.63, 3.8) is 0 Å². The van der Waals surface area contributed by atoms with Crippen LogP contribution in [0.5, 0.6) is 11.5 Å². The number of carbonyl (C=O) groups excluding carboxylic acids is 1. The number of carbonyl (C=O) groups is 1. The number of ether oxygens (including phenoxy) is 2. The zero-order valence-corrected chi connectivity index (χ0v) is 12.4. The lowest BCUT2D eigenvalue weighted by atomic mass is 10.1. The van der Waals surface area contributed by atoms with Crippen LogP contribution in [-0.4, -0.2) is 25.5 Å². The first-order valence-electron chi connectivity index (χ1n) is 5.77. The molecule has 0 aliphatic rings. The SMILES string of the molecule is COc1cc(Br)c(C(=O)CCN)cc1OC(C)C. The highest BCUT2D eigenvalue weighted by atomic mass is 79.9. The molecule has 0 radical (unpaired) electrons. The molecular weight excluding hydrogens is 298 g/mol. The van der Waals surface area contributed by atoms with Gasteiger partial charge in [0.1, 0.15) is 0 Å². The molecule has 0 aliphatic carbocycles. The molecule has 0 spiro atoms. The molecule has 4 nitrogen and oxygen atoms in total. The van der Waals surface area contributed by atoms with Gasteiger partial charge in [0.05, 0.1) is 13.2 Å². The lowest BCUT2D eigenvalue weighted by molar-refractivity contribution is 0.0984. The summed E-state index contributed by atoms with van der Waals surface area (Å²) in [6.45, 7) is 4.17. The van der Waals surface area contributed by atoms with Crippen LogP contribution >= 0.6 is 15.9 Å². The van der Waals surface area contributed by atoms with Crippen molar-refractivity contribution >= 4 is 21.7 Å². The van der Waals surface area contributed by atoms with Crippen LogP contribution < -0.4 is 15.2 Å². The van der Waals surface area contributed by atoms with E-state index in [2.05, 4.69) is 15.9 Å². The molecule has 100 valence electrons. The maximum absolute atomic E-state index is 11.9. The molecular formula is C13H18BrNO3. The van der Waals surface area contributed by atoms with Crippen LogP contribution in [0.2, 0.25) is 0 Å². The van der Waals surface area contributed by atoms with Crippen molar-refractivity contribution in [3.05, 3.63) is 22.2 Å². The molecule has 0 saturated heterocycles. The molecule has 18 heavy (non-hydrogen) atoms. The first kappa shape index (κ1) is 15.0. The van der Waals surface area contributed by atoms with Gasteiger partial charge in [-0.15, -0.1) is 0 Å². The van der Waals surface area contributed by atoms with Crippen molar-refractivity contribution in [1.29, 1.82) is 0 Å². The molecule has 1 aromatic rings. The Morgan fingerprint density at radius 3 is 2.56 bits per heavy atom. The molecule has 0 aliphatic heterocycles. The summed E-state index contributed by atoms with van der Waals surface area (Å²) in [7, 11) is 1.57. The topological polar surface area (TPSA) is 61.5 Å². The van der Waals surface area contributed by atoms with E-state index in [0.29, 0.717) is 34.5 Å². The Bertz CT molecular complexity index is 432. The zero-order valence-electron chi connectivity index (χ0n) is 10.8. The molecule has 0 fully saturated rings. The van der Waals surface area contributed by atoms with Gasteiger partial charge in [-0.2, -0.15) is 0 Å². The van der Waals surface area contributed by atoms with Crippen LogP contribution in [0.15, 0.2) is 16.6 Å². The van der Waals surface area contributed by atoms with Crippen molar-refractivity contribution in [1.82, 2.24) is 0 Å². The van der Waals surface area contributed by atoms with Crippen LogP contribution in [0.4, 0.5) is 0 Å². The summed E-state index contributed by atoms with van der Waals surface area (Å²) in [5.41, 5.74) is 5.97.